The van der Waals surface area contributed by atoms with Gasteiger partial charge in [-0.15, -0.1) is 0 Å². The molecule has 1 aromatic carbocycles. The molecule has 2 aromatic rings. The SMILES string of the molecule is N#CC(C#N)=Cc1ccc(-c2ccc(C(=O)[O-])c(Cl)c2)o1. The Bertz CT molecular complexity index is 806. The van der Waals surface area contributed by atoms with Gasteiger partial charge in [0.25, 0.3) is 0 Å². The fourth-order valence-electron chi connectivity index (χ4n) is 1.65. The van der Waals surface area contributed by atoms with Crippen molar-refractivity contribution in [3.8, 4) is 23.5 Å². The average molecular weight is 298 g/mol. The second kappa shape index (κ2) is 5.96. The van der Waals surface area contributed by atoms with E-state index in [9.17, 15) is 9.90 Å². The summed E-state index contributed by atoms with van der Waals surface area (Å²) in [6, 6.07) is 11.0. The lowest BCUT2D eigenvalue weighted by molar-refractivity contribution is -0.255. The first kappa shape index (κ1) is 14.4. The van der Waals surface area contributed by atoms with Crippen molar-refractivity contribution in [2.24, 2.45) is 0 Å². The molecular formula is C15H6ClN2O3-. The Balaban J connectivity index is 2.37. The van der Waals surface area contributed by atoms with E-state index < -0.39 is 5.97 Å². The van der Waals surface area contributed by atoms with Gasteiger partial charge in [-0.05, 0) is 18.2 Å². The van der Waals surface area contributed by atoms with Crippen LogP contribution >= 0.6 is 11.6 Å². The highest BCUT2D eigenvalue weighted by Gasteiger charge is 2.08. The zero-order valence-electron chi connectivity index (χ0n) is 10.5. The number of nitrogens with zero attached hydrogens (tertiary/aromatic N) is 2. The number of rotatable bonds is 3. The molecule has 0 amide bonds. The highest BCUT2D eigenvalue weighted by Crippen LogP contribution is 2.27. The summed E-state index contributed by atoms with van der Waals surface area (Å²) in [6.07, 6.45) is 1.31. The third-order valence-electron chi connectivity index (χ3n) is 2.63. The predicted molar refractivity (Wildman–Crippen MR) is 72.7 cm³/mol. The van der Waals surface area contributed by atoms with Crippen molar-refractivity contribution >= 4 is 23.6 Å². The maximum atomic E-state index is 10.8. The topological polar surface area (TPSA) is 101 Å². The number of nitriles is 2. The lowest BCUT2D eigenvalue weighted by Gasteiger charge is -2.06. The monoisotopic (exact) mass is 297 g/mol. The van der Waals surface area contributed by atoms with Gasteiger partial charge in [0, 0.05) is 17.2 Å². The van der Waals surface area contributed by atoms with Gasteiger partial charge in [-0.25, -0.2) is 0 Å². The second-order valence-electron chi connectivity index (χ2n) is 3.97. The summed E-state index contributed by atoms with van der Waals surface area (Å²) in [4.78, 5) is 10.8. The molecule has 102 valence electrons. The van der Waals surface area contributed by atoms with Crippen LogP contribution in [0, 0.1) is 22.7 Å². The number of hydrogen-bond donors (Lipinski definition) is 0. The Labute approximate surface area is 124 Å². The Morgan fingerprint density at radius 2 is 1.95 bits per heavy atom. The molecular weight excluding hydrogens is 292 g/mol. The average Bonchev–Trinajstić information content (AvgIpc) is 2.92. The van der Waals surface area contributed by atoms with Crippen LogP contribution in [-0.4, -0.2) is 5.97 Å². The van der Waals surface area contributed by atoms with Gasteiger partial charge in [0.05, 0.1) is 11.0 Å². The summed E-state index contributed by atoms with van der Waals surface area (Å²) >= 11 is 5.85. The molecule has 0 fully saturated rings. The van der Waals surface area contributed by atoms with Crippen LogP contribution in [-0.2, 0) is 0 Å². The standard InChI is InChI=1S/C15H7ClN2O3/c16-13-6-10(1-3-12(13)15(19)20)14-4-2-11(21-14)5-9(7-17)8-18/h1-6H,(H,19,20)/p-1. The third-order valence-corrected chi connectivity index (χ3v) is 2.94. The van der Waals surface area contributed by atoms with E-state index in [1.165, 1.54) is 24.3 Å². The van der Waals surface area contributed by atoms with Crippen LogP contribution in [0.2, 0.25) is 5.02 Å². The Morgan fingerprint density at radius 3 is 2.52 bits per heavy atom. The van der Waals surface area contributed by atoms with Crippen molar-refractivity contribution in [3.05, 3.63) is 52.3 Å². The zero-order valence-corrected chi connectivity index (χ0v) is 11.2. The second-order valence-corrected chi connectivity index (χ2v) is 4.37. The number of benzene rings is 1. The summed E-state index contributed by atoms with van der Waals surface area (Å²) in [7, 11) is 0. The molecule has 0 N–H and O–H groups in total. The van der Waals surface area contributed by atoms with Gasteiger partial charge in [-0.1, -0.05) is 23.7 Å². The van der Waals surface area contributed by atoms with E-state index in [4.69, 9.17) is 26.5 Å². The number of carbonyl (C=O) groups excluding carboxylic acids is 1. The zero-order chi connectivity index (χ0) is 15.4. The number of hydrogen-bond acceptors (Lipinski definition) is 5. The molecule has 0 saturated heterocycles. The fourth-order valence-corrected chi connectivity index (χ4v) is 1.91. The summed E-state index contributed by atoms with van der Waals surface area (Å²) in [5, 5.41) is 28.1. The van der Waals surface area contributed by atoms with Crippen molar-refractivity contribution in [3.63, 3.8) is 0 Å². The van der Waals surface area contributed by atoms with E-state index >= 15 is 0 Å². The molecule has 1 aromatic heterocycles. The Kier molecular flexibility index (Phi) is 4.08. The highest BCUT2D eigenvalue weighted by molar-refractivity contribution is 6.33. The molecule has 0 aliphatic carbocycles. The van der Waals surface area contributed by atoms with Crippen LogP contribution in [0.3, 0.4) is 0 Å². The van der Waals surface area contributed by atoms with E-state index in [0.29, 0.717) is 17.1 Å². The quantitative estimate of drug-likeness (QED) is 0.810. The molecule has 0 aliphatic rings. The fraction of sp³-hybridized carbons (Fsp3) is 0. The van der Waals surface area contributed by atoms with Crippen LogP contribution in [0.1, 0.15) is 16.1 Å². The van der Waals surface area contributed by atoms with Crippen LogP contribution in [0.4, 0.5) is 0 Å². The van der Waals surface area contributed by atoms with E-state index in [2.05, 4.69) is 0 Å². The smallest absolute Gasteiger partial charge is 0.134 e. The van der Waals surface area contributed by atoms with Crippen molar-refractivity contribution in [1.82, 2.24) is 0 Å². The first-order valence-electron chi connectivity index (χ1n) is 5.68. The maximum Gasteiger partial charge on any atom is 0.134 e. The molecule has 0 saturated carbocycles. The molecule has 0 atom stereocenters. The molecule has 21 heavy (non-hydrogen) atoms. The highest BCUT2D eigenvalue weighted by atomic mass is 35.5. The Hall–Kier alpha value is -3.02. The van der Waals surface area contributed by atoms with Gasteiger partial charge in [0.1, 0.15) is 29.2 Å². The van der Waals surface area contributed by atoms with Gasteiger partial charge < -0.3 is 14.3 Å². The first-order chi connectivity index (χ1) is 10.0. The number of carboxylic acids is 1. The van der Waals surface area contributed by atoms with E-state index in [0.717, 1.165) is 0 Å². The van der Waals surface area contributed by atoms with Crippen molar-refractivity contribution < 1.29 is 14.3 Å². The molecule has 1 heterocycles. The normalized spacial score (nSPS) is 9.48. The summed E-state index contributed by atoms with van der Waals surface area (Å²) in [5.74, 6) is -0.589. The molecule has 0 spiro atoms. The lowest BCUT2D eigenvalue weighted by atomic mass is 10.1. The molecule has 0 unspecified atom stereocenters. The summed E-state index contributed by atoms with van der Waals surface area (Å²) in [6.45, 7) is 0. The number of aromatic carboxylic acids is 1. The van der Waals surface area contributed by atoms with E-state index in [1.807, 2.05) is 0 Å². The molecule has 5 nitrogen and oxygen atoms in total. The van der Waals surface area contributed by atoms with Crippen molar-refractivity contribution in [2.75, 3.05) is 0 Å². The largest absolute Gasteiger partial charge is 0.545 e. The van der Waals surface area contributed by atoms with Gasteiger partial charge in [-0.2, -0.15) is 10.5 Å². The first-order valence-corrected chi connectivity index (χ1v) is 6.06. The number of furan rings is 1. The maximum absolute atomic E-state index is 10.8. The lowest BCUT2D eigenvalue weighted by Crippen LogP contribution is -2.22. The predicted octanol–water partition coefficient (Wildman–Crippen LogP) is 2.39. The molecule has 0 bridgehead atoms. The van der Waals surface area contributed by atoms with Crippen molar-refractivity contribution in [1.29, 1.82) is 10.5 Å². The van der Waals surface area contributed by atoms with Gasteiger partial charge in [0.2, 0.25) is 0 Å². The summed E-state index contributed by atoms with van der Waals surface area (Å²) < 4.78 is 5.46. The van der Waals surface area contributed by atoms with E-state index in [1.54, 1.807) is 24.3 Å². The van der Waals surface area contributed by atoms with Gasteiger partial charge >= 0.3 is 0 Å². The minimum Gasteiger partial charge on any atom is -0.545 e. The molecule has 6 heteroatoms. The number of carboxylic acid groups (broad SMARTS) is 1. The Morgan fingerprint density at radius 1 is 1.24 bits per heavy atom. The minimum absolute atomic E-state index is 0.0377. The molecule has 0 aliphatic heterocycles. The van der Waals surface area contributed by atoms with Crippen molar-refractivity contribution in [2.45, 2.75) is 0 Å². The molecule has 2 rings (SSSR count). The number of halogens is 1. The number of carbonyl (C=O) groups is 1. The number of allylic oxidation sites excluding steroid dienone is 1. The van der Waals surface area contributed by atoms with Crippen LogP contribution in [0.25, 0.3) is 17.4 Å². The van der Waals surface area contributed by atoms with Gasteiger partial charge in [0.15, 0.2) is 0 Å². The van der Waals surface area contributed by atoms with Crippen LogP contribution in [0.5, 0.6) is 0 Å². The minimum atomic E-state index is -1.36. The van der Waals surface area contributed by atoms with E-state index in [-0.39, 0.29) is 16.2 Å². The van der Waals surface area contributed by atoms with Crippen LogP contribution < -0.4 is 5.11 Å². The van der Waals surface area contributed by atoms with Crippen LogP contribution in [0.15, 0.2) is 40.3 Å². The van der Waals surface area contributed by atoms with Gasteiger partial charge in [-0.3, -0.25) is 0 Å². The summed E-state index contributed by atoms with van der Waals surface area (Å²) in [5.41, 5.74) is 0.379. The third kappa shape index (κ3) is 3.11. The molecule has 0 radical (unpaired) electrons.